The zero-order chi connectivity index (χ0) is 14.1. The predicted octanol–water partition coefficient (Wildman–Crippen LogP) is 4.49. The second kappa shape index (κ2) is 5.06. The average molecular weight is 286 g/mol. The SMILES string of the molecule is COC(=O)c1ccc2scc(-c3ccc(F)cc3)c2c1. The van der Waals surface area contributed by atoms with Crippen LogP contribution in [0, 0.1) is 5.82 Å². The summed E-state index contributed by atoms with van der Waals surface area (Å²) >= 11 is 1.60. The summed E-state index contributed by atoms with van der Waals surface area (Å²) in [4.78, 5) is 11.6. The zero-order valence-corrected chi connectivity index (χ0v) is 11.5. The number of thiophene rings is 1. The quantitative estimate of drug-likeness (QED) is 0.649. The van der Waals surface area contributed by atoms with Crippen LogP contribution in [0.3, 0.4) is 0 Å². The molecule has 2 aromatic carbocycles. The molecule has 0 aliphatic heterocycles. The van der Waals surface area contributed by atoms with Crippen molar-refractivity contribution in [3.63, 3.8) is 0 Å². The Morgan fingerprint density at radius 2 is 1.90 bits per heavy atom. The van der Waals surface area contributed by atoms with Crippen molar-refractivity contribution < 1.29 is 13.9 Å². The molecule has 0 amide bonds. The van der Waals surface area contributed by atoms with E-state index >= 15 is 0 Å². The fourth-order valence-electron chi connectivity index (χ4n) is 2.13. The van der Waals surface area contributed by atoms with Crippen molar-refractivity contribution in [2.24, 2.45) is 0 Å². The maximum absolute atomic E-state index is 13.0. The van der Waals surface area contributed by atoms with Gasteiger partial charge in [0, 0.05) is 15.6 Å². The summed E-state index contributed by atoms with van der Waals surface area (Å²) in [7, 11) is 1.36. The number of fused-ring (bicyclic) bond motifs is 1. The van der Waals surface area contributed by atoms with E-state index in [-0.39, 0.29) is 11.8 Å². The third-order valence-corrected chi connectivity index (χ3v) is 4.11. The van der Waals surface area contributed by atoms with Gasteiger partial charge in [-0.2, -0.15) is 0 Å². The van der Waals surface area contributed by atoms with E-state index < -0.39 is 0 Å². The van der Waals surface area contributed by atoms with Crippen LogP contribution in [0.15, 0.2) is 47.8 Å². The fourth-order valence-corrected chi connectivity index (χ4v) is 3.08. The Morgan fingerprint density at radius 3 is 2.60 bits per heavy atom. The van der Waals surface area contributed by atoms with Gasteiger partial charge in [-0.05, 0) is 41.3 Å². The van der Waals surface area contributed by atoms with Crippen LogP contribution >= 0.6 is 11.3 Å². The van der Waals surface area contributed by atoms with E-state index in [4.69, 9.17) is 4.74 Å². The smallest absolute Gasteiger partial charge is 0.337 e. The molecule has 0 saturated heterocycles. The van der Waals surface area contributed by atoms with E-state index in [0.717, 1.165) is 21.2 Å². The average Bonchev–Trinajstić information content (AvgIpc) is 2.90. The van der Waals surface area contributed by atoms with Crippen LogP contribution in [0.5, 0.6) is 0 Å². The maximum Gasteiger partial charge on any atom is 0.337 e. The first kappa shape index (κ1) is 12.8. The standard InChI is InChI=1S/C16H11FO2S/c1-19-16(18)11-4-7-15-13(8-11)14(9-20-15)10-2-5-12(17)6-3-10/h2-9H,1H3. The van der Waals surface area contributed by atoms with Crippen LogP contribution in [0.25, 0.3) is 21.2 Å². The Balaban J connectivity index is 2.16. The summed E-state index contributed by atoms with van der Waals surface area (Å²) < 4.78 is 18.8. The van der Waals surface area contributed by atoms with Crippen LogP contribution in [0.2, 0.25) is 0 Å². The lowest BCUT2D eigenvalue weighted by molar-refractivity contribution is 0.0601. The van der Waals surface area contributed by atoms with E-state index in [1.54, 1.807) is 29.5 Å². The Morgan fingerprint density at radius 1 is 1.15 bits per heavy atom. The molecule has 0 unspecified atom stereocenters. The van der Waals surface area contributed by atoms with Gasteiger partial charge in [0.05, 0.1) is 12.7 Å². The number of carbonyl (C=O) groups is 1. The lowest BCUT2D eigenvalue weighted by Crippen LogP contribution is -2.00. The molecule has 0 radical (unpaired) electrons. The summed E-state index contributed by atoms with van der Waals surface area (Å²) in [6, 6.07) is 11.8. The van der Waals surface area contributed by atoms with Gasteiger partial charge in [-0.15, -0.1) is 11.3 Å². The van der Waals surface area contributed by atoms with E-state index in [1.165, 1.54) is 19.2 Å². The number of ether oxygens (including phenoxy) is 1. The second-order valence-electron chi connectivity index (χ2n) is 4.36. The third-order valence-electron chi connectivity index (χ3n) is 3.15. The molecule has 1 aromatic heterocycles. The minimum Gasteiger partial charge on any atom is -0.465 e. The largest absolute Gasteiger partial charge is 0.465 e. The summed E-state index contributed by atoms with van der Waals surface area (Å²) in [5.74, 6) is -0.619. The van der Waals surface area contributed by atoms with Crippen molar-refractivity contribution in [1.82, 2.24) is 0 Å². The zero-order valence-electron chi connectivity index (χ0n) is 10.7. The molecule has 0 aliphatic carbocycles. The first-order valence-electron chi connectivity index (χ1n) is 6.04. The minimum absolute atomic E-state index is 0.261. The van der Waals surface area contributed by atoms with Crippen LogP contribution in [0.4, 0.5) is 4.39 Å². The summed E-state index contributed by atoms with van der Waals surface area (Å²) in [5.41, 5.74) is 2.44. The number of hydrogen-bond acceptors (Lipinski definition) is 3. The van der Waals surface area contributed by atoms with E-state index in [1.807, 2.05) is 17.5 Å². The monoisotopic (exact) mass is 286 g/mol. The molecule has 100 valence electrons. The molecule has 3 rings (SSSR count). The maximum atomic E-state index is 13.0. The topological polar surface area (TPSA) is 26.3 Å². The van der Waals surface area contributed by atoms with Gasteiger partial charge >= 0.3 is 5.97 Å². The Kier molecular flexibility index (Phi) is 3.24. The first-order chi connectivity index (χ1) is 9.69. The Bertz CT molecular complexity index is 775. The van der Waals surface area contributed by atoms with Crippen LogP contribution in [0.1, 0.15) is 10.4 Å². The summed E-state index contributed by atoms with van der Waals surface area (Å²) in [6.45, 7) is 0. The van der Waals surface area contributed by atoms with Crippen molar-refractivity contribution in [3.8, 4) is 11.1 Å². The fraction of sp³-hybridized carbons (Fsp3) is 0.0625. The van der Waals surface area contributed by atoms with Crippen molar-refractivity contribution in [3.05, 3.63) is 59.2 Å². The van der Waals surface area contributed by atoms with Crippen molar-refractivity contribution in [1.29, 1.82) is 0 Å². The highest BCUT2D eigenvalue weighted by atomic mass is 32.1. The molecule has 0 N–H and O–H groups in total. The molecule has 0 fully saturated rings. The summed E-state index contributed by atoms with van der Waals surface area (Å²) in [5, 5.41) is 2.99. The number of halogens is 1. The normalized spacial score (nSPS) is 10.7. The van der Waals surface area contributed by atoms with Crippen molar-refractivity contribution in [2.75, 3.05) is 7.11 Å². The highest BCUT2D eigenvalue weighted by Gasteiger charge is 2.11. The minimum atomic E-state index is -0.358. The molecule has 0 spiro atoms. The highest BCUT2D eigenvalue weighted by molar-refractivity contribution is 7.17. The summed E-state index contributed by atoms with van der Waals surface area (Å²) in [6.07, 6.45) is 0. The molecule has 20 heavy (non-hydrogen) atoms. The highest BCUT2D eigenvalue weighted by Crippen LogP contribution is 2.34. The first-order valence-corrected chi connectivity index (χ1v) is 6.92. The molecule has 2 nitrogen and oxygen atoms in total. The molecule has 0 aliphatic rings. The Labute approximate surface area is 119 Å². The van der Waals surface area contributed by atoms with Gasteiger partial charge in [-0.25, -0.2) is 9.18 Å². The van der Waals surface area contributed by atoms with Crippen molar-refractivity contribution in [2.45, 2.75) is 0 Å². The van der Waals surface area contributed by atoms with Gasteiger partial charge in [0.2, 0.25) is 0 Å². The number of carbonyl (C=O) groups excluding carboxylic acids is 1. The van der Waals surface area contributed by atoms with Gasteiger partial charge < -0.3 is 4.74 Å². The van der Waals surface area contributed by atoms with Gasteiger partial charge in [-0.3, -0.25) is 0 Å². The lowest BCUT2D eigenvalue weighted by Gasteiger charge is -2.02. The molecular weight excluding hydrogens is 275 g/mol. The number of methoxy groups -OCH3 is 1. The molecule has 0 atom stereocenters. The molecule has 1 heterocycles. The van der Waals surface area contributed by atoms with Crippen LogP contribution < -0.4 is 0 Å². The van der Waals surface area contributed by atoms with E-state index in [2.05, 4.69) is 0 Å². The Hall–Kier alpha value is -2.20. The molecule has 0 saturated carbocycles. The van der Waals surface area contributed by atoms with Crippen molar-refractivity contribution >= 4 is 27.4 Å². The molecule has 4 heteroatoms. The number of benzene rings is 2. The third kappa shape index (κ3) is 2.18. The molecular formula is C16H11FO2S. The van der Waals surface area contributed by atoms with Gasteiger partial charge in [0.25, 0.3) is 0 Å². The van der Waals surface area contributed by atoms with Gasteiger partial charge in [0.15, 0.2) is 0 Å². The molecule has 0 bridgehead atoms. The molecule has 3 aromatic rings. The van der Waals surface area contributed by atoms with E-state index in [9.17, 15) is 9.18 Å². The van der Waals surface area contributed by atoms with Gasteiger partial charge in [0.1, 0.15) is 5.82 Å². The number of hydrogen-bond donors (Lipinski definition) is 0. The second-order valence-corrected chi connectivity index (χ2v) is 5.27. The predicted molar refractivity (Wildman–Crippen MR) is 78.6 cm³/mol. The number of rotatable bonds is 2. The lowest BCUT2D eigenvalue weighted by atomic mass is 10.0. The van der Waals surface area contributed by atoms with Crippen LogP contribution in [-0.2, 0) is 4.74 Å². The van der Waals surface area contributed by atoms with E-state index in [0.29, 0.717) is 5.56 Å². The number of esters is 1. The van der Waals surface area contributed by atoms with Crippen LogP contribution in [-0.4, -0.2) is 13.1 Å². The van der Waals surface area contributed by atoms with Gasteiger partial charge in [-0.1, -0.05) is 12.1 Å².